The molecule has 0 spiro atoms. The first kappa shape index (κ1) is 20.6. The van der Waals surface area contributed by atoms with Crippen LogP contribution in [-0.4, -0.2) is 15.9 Å². The zero-order chi connectivity index (χ0) is 22.5. The van der Waals surface area contributed by atoms with Crippen molar-refractivity contribution in [1.82, 2.24) is 4.98 Å². The van der Waals surface area contributed by atoms with E-state index in [1.165, 1.54) is 16.9 Å². The van der Waals surface area contributed by atoms with Crippen molar-refractivity contribution in [1.29, 1.82) is 0 Å². The summed E-state index contributed by atoms with van der Waals surface area (Å²) in [7, 11) is 0. The molecule has 2 aromatic carbocycles. The van der Waals surface area contributed by atoms with Gasteiger partial charge in [-0.25, -0.2) is 9.98 Å². The van der Waals surface area contributed by atoms with Gasteiger partial charge >= 0.3 is 0 Å². The van der Waals surface area contributed by atoms with Crippen LogP contribution in [0.5, 0.6) is 5.88 Å². The standard InChI is InChI=1S/C25H21N3O2S2/c1-25(2,3)16-7-5-15(6-8-16)19-10-11-20(30-19)22-26-17-9-4-14(12-18(17)27-22)13-21-23(29)28-24(31)32-21/h4-13,29H,1-3H3,(H,28,31). The predicted octanol–water partition coefficient (Wildman–Crippen LogP) is 5.61. The topological polar surface area (TPSA) is 73.9 Å². The Labute approximate surface area is 194 Å². The number of fused-ring (bicyclic) bond motifs is 1. The number of benzene rings is 2. The smallest absolute Gasteiger partial charge is 0.207 e. The lowest BCUT2D eigenvalue weighted by Gasteiger charge is -2.18. The minimum absolute atomic E-state index is 0.0769. The number of aromatic nitrogens is 1. The number of nitrogens with one attached hydrogen (secondary N) is 1. The second-order valence-electron chi connectivity index (χ2n) is 8.66. The molecule has 7 heteroatoms. The number of hydrogen-bond donors (Lipinski definition) is 2. The van der Waals surface area contributed by atoms with E-state index in [2.05, 4.69) is 60.0 Å². The number of aliphatic imine (C=N–C) groups is 1. The second-order valence-corrected chi connectivity index (χ2v) is 10.4. The summed E-state index contributed by atoms with van der Waals surface area (Å²) in [5.41, 5.74) is 3.18. The van der Waals surface area contributed by atoms with Crippen LogP contribution in [0.15, 0.2) is 69.0 Å². The SMILES string of the molecule is CC(C)(C)c1ccc(-c2ccc(C3=Nc4cc(=Cc5sc(=S)[nH]c5O)ccc4=N3)o2)cc1. The molecule has 1 aliphatic heterocycles. The van der Waals surface area contributed by atoms with Crippen LogP contribution in [0.2, 0.25) is 0 Å². The summed E-state index contributed by atoms with van der Waals surface area (Å²) in [5, 5.41) is 11.6. The van der Waals surface area contributed by atoms with Gasteiger partial charge in [0.15, 0.2) is 15.6 Å². The molecule has 0 atom stereocenters. The number of H-pyrrole nitrogens is 1. The van der Waals surface area contributed by atoms with Crippen molar-refractivity contribution in [3.63, 3.8) is 0 Å². The Morgan fingerprint density at radius 1 is 1.00 bits per heavy atom. The molecule has 5 nitrogen and oxygen atoms in total. The Bertz CT molecular complexity index is 1530. The molecule has 0 amide bonds. The molecule has 3 heterocycles. The lowest BCUT2D eigenvalue weighted by Crippen LogP contribution is -2.10. The third-order valence-corrected chi connectivity index (χ3v) is 6.44. The predicted molar refractivity (Wildman–Crippen MR) is 131 cm³/mol. The van der Waals surface area contributed by atoms with Crippen LogP contribution in [0.1, 0.15) is 37.0 Å². The van der Waals surface area contributed by atoms with E-state index in [9.17, 15) is 5.11 Å². The van der Waals surface area contributed by atoms with E-state index in [-0.39, 0.29) is 11.3 Å². The first-order valence-electron chi connectivity index (χ1n) is 10.2. The number of nitrogens with zero attached hydrogens (tertiary/aromatic N) is 2. The molecule has 0 saturated heterocycles. The molecule has 2 aromatic heterocycles. The number of amidine groups is 1. The summed E-state index contributed by atoms with van der Waals surface area (Å²) in [6.07, 6.45) is 1.87. The first-order valence-corrected chi connectivity index (χ1v) is 11.4. The maximum atomic E-state index is 9.93. The molecule has 32 heavy (non-hydrogen) atoms. The van der Waals surface area contributed by atoms with E-state index in [0.29, 0.717) is 20.4 Å². The van der Waals surface area contributed by atoms with Crippen LogP contribution in [0, 0.1) is 3.95 Å². The Kier molecular flexibility index (Phi) is 4.95. The summed E-state index contributed by atoms with van der Waals surface area (Å²) >= 11 is 6.40. The number of aromatic amines is 1. The van der Waals surface area contributed by atoms with Gasteiger partial charge in [0.25, 0.3) is 0 Å². The molecular formula is C25H21N3O2S2. The molecule has 0 fully saturated rings. The number of thiazole rings is 1. The molecule has 0 saturated carbocycles. The minimum atomic E-state index is 0.0769. The molecule has 5 rings (SSSR count). The molecule has 0 unspecified atom stereocenters. The minimum Gasteiger partial charge on any atom is -0.494 e. The number of furan rings is 1. The molecular weight excluding hydrogens is 438 g/mol. The third-order valence-electron chi connectivity index (χ3n) is 5.27. The highest BCUT2D eigenvalue weighted by molar-refractivity contribution is 7.73. The van der Waals surface area contributed by atoms with Crippen molar-refractivity contribution in [2.45, 2.75) is 26.2 Å². The summed E-state index contributed by atoms with van der Waals surface area (Å²) in [6, 6.07) is 18.1. The van der Waals surface area contributed by atoms with E-state index in [4.69, 9.17) is 16.6 Å². The fourth-order valence-corrected chi connectivity index (χ4v) is 4.56. The number of rotatable bonds is 3. The van der Waals surface area contributed by atoms with Gasteiger partial charge < -0.3 is 14.5 Å². The summed E-state index contributed by atoms with van der Waals surface area (Å²) in [5.74, 6) is 2.04. The van der Waals surface area contributed by atoms with Crippen molar-refractivity contribution in [3.8, 4) is 17.2 Å². The lowest BCUT2D eigenvalue weighted by atomic mass is 9.86. The Morgan fingerprint density at radius 3 is 2.44 bits per heavy atom. The fraction of sp³-hybridized carbons (Fsp3) is 0.160. The molecule has 2 N–H and O–H groups in total. The van der Waals surface area contributed by atoms with Gasteiger partial charge in [-0.3, -0.25) is 0 Å². The van der Waals surface area contributed by atoms with Crippen LogP contribution < -0.4 is 10.6 Å². The van der Waals surface area contributed by atoms with Crippen LogP contribution in [0.3, 0.4) is 0 Å². The summed E-state index contributed by atoms with van der Waals surface area (Å²) < 4.78 is 6.61. The molecule has 4 aromatic rings. The van der Waals surface area contributed by atoms with Crippen LogP contribution in [0.4, 0.5) is 5.69 Å². The normalized spacial score (nSPS) is 13.7. The van der Waals surface area contributed by atoms with Crippen molar-refractivity contribution >= 4 is 41.2 Å². The molecule has 160 valence electrons. The van der Waals surface area contributed by atoms with Gasteiger partial charge in [0.2, 0.25) is 5.88 Å². The third kappa shape index (κ3) is 3.97. The van der Waals surface area contributed by atoms with Crippen molar-refractivity contribution in [3.05, 3.63) is 85.3 Å². The first-order chi connectivity index (χ1) is 15.3. The van der Waals surface area contributed by atoms with E-state index >= 15 is 0 Å². The zero-order valence-electron chi connectivity index (χ0n) is 17.8. The largest absolute Gasteiger partial charge is 0.494 e. The average Bonchev–Trinajstić information content (AvgIpc) is 3.46. The van der Waals surface area contributed by atoms with Gasteiger partial charge in [-0.2, -0.15) is 0 Å². The highest BCUT2D eigenvalue weighted by Crippen LogP contribution is 2.28. The summed E-state index contributed by atoms with van der Waals surface area (Å²) in [6.45, 7) is 6.60. The highest BCUT2D eigenvalue weighted by Gasteiger charge is 2.16. The van der Waals surface area contributed by atoms with Crippen LogP contribution in [-0.2, 0) is 5.41 Å². The van der Waals surface area contributed by atoms with Gasteiger partial charge in [0.05, 0.1) is 15.9 Å². The quantitative estimate of drug-likeness (QED) is 0.391. The average molecular weight is 460 g/mol. The maximum absolute atomic E-state index is 9.93. The molecule has 0 radical (unpaired) electrons. The second kappa shape index (κ2) is 7.69. The molecule has 0 aliphatic carbocycles. The Hall–Kier alpha value is -3.29. The van der Waals surface area contributed by atoms with E-state index in [1.54, 1.807) is 0 Å². The van der Waals surface area contributed by atoms with E-state index in [0.717, 1.165) is 27.6 Å². The Balaban J connectivity index is 1.43. The van der Waals surface area contributed by atoms with Crippen LogP contribution in [0.25, 0.3) is 17.4 Å². The van der Waals surface area contributed by atoms with Gasteiger partial charge in [-0.05, 0) is 58.8 Å². The summed E-state index contributed by atoms with van der Waals surface area (Å²) in [4.78, 5) is 12.7. The van der Waals surface area contributed by atoms with Gasteiger partial charge in [-0.1, -0.05) is 51.1 Å². The number of hydrogen-bond acceptors (Lipinski definition) is 6. The fourth-order valence-electron chi connectivity index (χ4n) is 3.51. The van der Waals surface area contributed by atoms with Gasteiger partial charge in [0.1, 0.15) is 5.76 Å². The highest BCUT2D eigenvalue weighted by atomic mass is 32.1. The van der Waals surface area contributed by atoms with Crippen molar-refractivity contribution in [2.24, 2.45) is 9.98 Å². The van der Waals surface area contributed by atoms with E-state index < -0.39 is 0 Å². The number of aromatic hydroxyl groups is 1. The van der Waals surface area contributed by atoms with Crippen molar-refractivity contribution in [2.75, 3.05) is 0 Å². The Morgan fingerprint density at radius 2 is 1.75 bits per heavy atom. The van der Waals surface area contributed by atoms with Crippen LogP contribution >= 0.6 is 23.6 Å². The lowest BCUT2D eigenvalue weighted by molar-refractivity contribution is 0.456. The molecule has 0 bridgehead atoms. The monoisotopic (exact) mass is 459 g/mol. The van der Waals surface area contributed by atoms with Crippen molar-refractivity contribution < 1.29 is 9.52 Å². The maximum Gasteiger partial charge on any atom is 0.207 e. The molecule has 1 aliphatic rings. The zero-order valence-corrected chi connectivity index (χ0v) is 19.5. The van der Waals surface area contributed by atoms with Gasteiger partial charge in [0, 0.05) is 5.56 Å². The van der Waals surface area contributed by atoms with E-state index in [1.807, 2.05) is 36.4 Å². The van der Waals surface area contributed by atoms with Gasteiger partial charge in [-0.15, -0.1) is 11.3 Å².